The number of ether oxygens (including phenoxy) is 1. The summed E-state index contributed by atoms with van der Waals surface area (Å²) in [6.07, 6.45) is 4.33. The maximum atomic E-state index is 12.3. The van der Waals surface area contributed by atoms with Gasteiger partial charge in [-0.25, -0.2) is 4.79 Å². The lowest BCUT2D eigenvalue weighted by atomic mass is 9.75. The molecule has 0 bridgehead atoms. The number of likely N-dealkylation sites (tertiary alicyclic amines) is 1. The highest BCUT2D eigenvalue weighted by Crippen LogP contribution is 2.43. The average molecular weight is 444 g/mol. The molecule has 1 aromatic heterocycles. The Labute approximate surface area is 187 Å². The van der Waals surface area contributed by atoms with Crippen molar-refractivity contribution >= 4 is 5.82 Å². The smallest absolute Gasteiger partial charge is 0.349 e. The molecule has 2 fully saturated rings. The monoisotopic (exact) mass is 443 g/mol. The zero-order valence-electron chi connectivity index (χ0n) is 18.5. The van der Waals surface area contributed by atoms with Crippen LogP contribution in [0.25, 0.3) is 0 Å². The molecule has 4 rings (SSSR count). The SMILES string of the molecule is C[C@]1(O)CC2(CCN(Cc3cc(CCN)ccc3O)CC2)OC[C@@H]1n1ccc(N)nc1=O. The number of phenolic OH excluding ortho intramolecular Hbond substituents is 1. The van der Waals surface area contributed by atoms with Crippen LogP contribution in [0, 0.1) is 0 Å². The summed E-state index contributed by atoms with van der Waals surface area (Å²) in [7, 11) is 0. The van der Waals surface area contributed by atoms with Crippen LogP contribution in [0.5, 0.6) is 5.75 Å². The van der Waals surface area contributed by atoms with Crippen LogP contribution >= 0.6 is 0 Å². The van der Waals surface area contributed by atoms with Crippen molar-refractivity contribution in [1.29, 1.82) is 0 Å². The summed E-state index contributed by atoms with van der Waals surface area (Å²) in [5.74, 6) is 0.458. The number of aromatic hydroxyl groups is 1. The van der Waals surface area contributed by atoms with Crippen molar-refractivity contribution in [2.24, 2.45) is 5.73 Å². The van der Waals surface area contributed by atoms with E-state index in [0.29, 0.717) is 25.3 Å². The van der Waals surface area contributed by atoms with Gasteiger partial charge in [0.15, 0.2) is 0 Å². The Balaban J connectivity index is 1.41. The number of aliphatic hydroxyl groups is 1. The zero-order chi connectivity index (χ0) is 22.9. The van der Waals surface area contributed by atoms with Gasteiger partial charge in [0, 0.05) is 37.8 Å². The van der Waals surface area contributed by atoms with E-state index in [1.165, 1.54) is 4.57 Å². The Hall–Kier alpha value is -2.46. The standard InChI is InChI=1S/C23H33N5O4/c1-22(31)15-23(32-14-19(22)28-9-5-20(25)26-21(28)30)6-10-27(11-7-23)13-17-12-16(4-8-24)2-3-18(17)29/h2-3,5,9,12,19,29,31H,4,6-8,10-11,13-15,24H2,1H3,(H2,25,26,30)/t19-,22-/m0/s1. The van der Waals surface area contributed by atoms with Gasteiger partial charge in [-0.3, -0.25) is 9.47 Å². The molecule has 9 nitrogen and oxygen atoms in total. The fourth-order valence-corrected chi connectivity index (χ4v) is 5.07. The second kappa shape index (κ2) is 8.82. The topological polar surface area (TPSA) is 140 Å². The lowest BCUT2D eigenvalue weighted by Crippen LogP contribution is -2.58. The fraction of sp³-hybridized carbons (Fsp3) is 0.565. The van der Waals surface area contributed by atoms with Gasteiger partial charge in [-0.1, -0.05) is 12.1 Å². The van der Waals surface area contributed by atoms with Crippen molar-refractivity contribution < 1.29 is 14.9 Å². The van der Waals surface area contributed by atoms with Crippen LogP contribution in [0.2, 0.25) is 0 Å². The molecule has 0 amide bonds. The van der Waals surface area contributed by atoms with Crippen LogP contribution in [0.15, 0.2) is 35.3 Å². The van der Waals surface area contributed by atoms with E-state index in [2.05, 4.69) is 9.88 Å². The van der Waals surface area contributed by atoms with Crippen molar-refractivity contribution in [3.05, 3.63) is 52.1 Å². The molecule has 2 saturated heterocycles. The van der Waals surface area contributed by atoms with Crippen molar-refractivity contribution in [3.63, 3.8) is 0 Å². The summed E-state index contributed by atoms with van der Waals surface area (Å²) in [5, 5.41) is 21.5. The third-order valence-electron chi connectivity index (χ3n) is 6.87. The lowest BCUT2D eigenvalue weighted by molar-refractivity contribution is -0.197. The van der Waals surface area contributed by atoms with Gasteiger partial charge in [0.2, 0.25) is 0 Å². The Morgan fingerprint density at radius 1 is 1.28 bits per heavy atom. The quantitative estimate of drug-likeness (QED) is 0.531. The molecule has 2 aromatic rings. The maximum Gasteiger partial charge on any atom is 0.349 e. The first-order valence-electron chi connectivity index (χ1n) is 11.2. The summed E-state index contributed by atoms with van der Waals surface area (Å²) in [5.41, 5.74) is 11.3. The molecule has 2 atom stereocenters. The third-order valence-corrected chi connectivity index (χ3v) is 6.87. The number of nitrogens with two attached hydrogens (primary N) is 2. The molecule has 32 heavy (non-hydrogen) atoms. The summed E-state index contributed by atoms with van der Waals surface area (Å²) < 4.78 is 7.71. The molecule has 1 aromatic carbocycles. The van der Waals surface area contributed by atoms with E-state index in [4.69, 9.17) is 16.2 Å². The van der Waals surface area contributed by atoms with Gasteiger partial charge >= 0.3 is 5.69 Å². The van der Waals surface area contributed by atoms with Crippen LogP contribution in [0.3, 0.4) is 0 Å². The van der Waals surface area contributed by atoms with Gasteiger partial charge in [0.05, 0.1) is 23.9 Å². The lowest BCUT2D eigenvalue weighted by Gasteiger charge is -2.51. The van der Waals surface area contributed by atoms with Gasteiger partial charge in [-0.15, -0.1) is 0 Å². The van der Waals surface area contributed by atoms with Crippen molar-refractivity contribution in [3.8, 4) is 5.75 Å². The molecular formula is C23H33N5O4. The van der Waals surface area contributed by atoms with Crippen molar-refractivity contribution in [2.45, 2.75) is 56.4 Å². The summed E-state index contributed by atoms with van der Waals surface area (Å²) in [6, 6.07) is 6.71. The fourth-order valence-electron chi connectivity index (χ4n) is 5.07. The number of hydrogen-bond donors (Lipinski definition) is 4. The number of aromatic nitrogens is 2. The Bertz CT molecular complexity index is 1010. The van der Waals surface area contributed by atoms with E-state index in [1.54, 1.807) is 25.3 Å². The van der Waals surface area contributed by atoms with E-state index in [1.807, 2.05) is 12.1 Å². The molecule has 2 aliphatic heterocycles. The number of hydrogen-bond acceptors (Lipinski definition) is 8. The van der Waals surface area contributed by atoms with E-state index < -0.39 is 22.9 Å². The number of phenols is 1. The van der Waals surface area contributed by atoms with Gasteiger partial charge < -0.3 is 26.4 Å². The molecule has 6 N–H and O–H groups in total. The van der Waals surface area contributed by atoms with Gasteiger partial charge in [-0.2, -0.15) is 4.98 Å². The minimum Gasteiger partial charge on any atom is -0.508 e. The highest BCUT2D eigenvalue weighted by molar-refractivity contribution is 5.36. The highest BCUT2D eigenvalue weighted by atomic mass is 16.5. The van der Waals surface area contributed by atoms with Crippen LogP contribution in [0.4, 0.5) is 5.82 Å². The first-order valence-corrected chi connectivity index (χ1v) is 11.2. The summed E-state index contributed by atoms with van der Waals surface area (Å²) >= 11 is 0. The largest absolute Gasteiger partial charge is 0.508 e. The minimum absolute atomic E-state index is 0.158. The number of piperidine rings is 1. The molecular weight excluding hydrogens is 410 g/mol. The second-order valence-electron chi connectivity index (χ2n) is 9.36. The number of benzene rings is 1. The van der Waals surface area contributed by atoms with Gasteiger partial charge in [0.1, 0.15) is 11.6 Å². The number of anilines is 1. The predicted octanol–water partition coefficient (Wildman–Crippen LogP) is 0.780. The summed E-state index contributed by atoms with van der Waals surface area (Å²) in [6.45, 7) is 4.83. The van der Waals surface area contributed by atoms with E-state index >= 15 is 0 Å². The third kappa shape index (κ3) is 4.66. The molecule has 0 radical (unpaired) electrons. The van der Waals surface area contributed by atoms with Crippen LogP contribution in [-0.4, -0.2) is 62.1 Å². The van der Waals surface area contributed by atoms with Crippen LogP contribution in [0.1, 0.15) is 43.4 Å². The first-order chi connectivity index (χ1) is 15.2. The molecule has 0 aliphatic carbocycles. The molecule has 9 heteroatoms. The number of nitrogens with zero attached hydrogens (tertiary/aromatic N) is 3. The summed E-state index contributed by atoms with van der Waals surface area (Å²) in [4.78, 5) is 18.3. The zero-order valence-corrected chi connectivity index (χ0v) is 18.5. The Kier molecular flexibility index (Phi) is 6.26. The van der Waals surface area contributed by atoms with E-state index in [9.17, 15) is 15.0 Å². The molecule has 2 aliphatic rings. The van der Waals surface area contributed by atoms with Crippen molar-refractivity contribution in [2.75, 3.05) is 32.0 Å². The van der Waals surface area contributed by atoms with Crippen molar-refractivity contribution in [1.82, 2.24) is 14.5 Å². The van der Waals surface area contributed by atoms with E-state index in [0.717, 1.165) is 43.5 Å². The molecule has 1 spiro atoms. The normalized spacial score (nSPS) is 25.8. The predicted molar refractivity (Wildman–Crippen MR) is 121 cm³/mol. The van der Waals surface area contributed by atoms with Crippen LogP contribution < -0.4 is 17.2 Å². The van der Waals surface area contributed by atoms with Crippen LogP contribution in [-0.2, 0) is 17.7 Å². The number of nitrogen functional groups attached to an aromatic ring is 1. The Morgan fingerprint density at radius 3 is 2.69 bits per heavy atom. The maximum absolute atomic E-state index is 12.3. The Morgan fingerprint density at radius 2 is 2.03 bits per heavy atom. The molecule has 3 heterocycles. The molecule has 0 saturated carbocycles. The highest BCUT2D eigenvalue weighted by Gasteiger charge is 2.50. The minimum atomic E-state index is -1.11. The number of rotatable bonds is 5. The van der Waals surface area contributed by atoms with E-state index in [-0.39, 0.29) is 12.4 Å². The molecule has 0 unspecified atom stereocenters. The average Bonchev–Trinajstić information content (AvgIpc) is 2.73. The van der Waals surface area contributed by atoms with Gasteiger partial charge in [-0.05, 0) is 50.4 Å². The second-order valence-corrected chi connectivity index (χ2v) is 9.36. The van der Waals surface area contributed by atoms with Gasteiger partial charge in [0.25, 0.3) is 0 Å². The molecule has 174 valence electrons. The first kappa shape index (κ1) is 22.7.